The topological polar surface area (TPSA) is 56.1 Å². The number of aryl methyl sites for hydroxylation is 1. The number of hydrogen-bond acceptors (Lipinski definition) is 3. The molecule has 0 bridgehead atoms. The molecule has 1 N–H and O–H groups in total. The Morgan fingerprint density at radius 1 is 1.40 bits per heavy atom. The molecule has 1 saturated carbocycles. The van der Waals surface area contributed by atoms with Gasteiger partial charge < -0.3 is 10.1 Å². The zero-order valence-electron chi connectivity index (χ0n) is 15.2. The fourth-order valence-electron chi connectivity index (χ4n) is 4.36. The van der Waals surface area contributed by atoms with Gasteiger partial charge in [-0.25, -0.2) is 0 Å². The number of amides is 1. The van der Waals surface area contributed by atoms with Gasteiger partial charge in [-0.15, -0.1) is 0 Å². The van der Waals surface area contributed by atoms with Crippen molar-refractivity contribution < 1.29 is 9.53 Å². The van der Waals surface area contributed by atoms with E-state index in [-0.39, 0.29) is 28.9 Å². The van der Waals surface area contributed by atoms with E-state index in [2.05, 4.69) is 30.3 Å². The molecular formula is C20H25N3O2. The van der Waals surface area contributed by atoms with Gasteiger partial charge >= 0.3 is 0 Å². The van der Waals surface area contributed by atoms with E-state index in [4.69, 9.17) is 4.74 Å². The number of para-hydroxylation sites is 1. The van der Waals surface area contributed by atoms with Crippen LogP contribution in [-0.2, 0) is 17.3 Å². The van der Waals surface area contributed by atoms with Crippen molar-refractivity contribution in [3.8, 4) is 5.75 Å². The summed E-state index contributed by atoms with van der Waals surface area (Å²) in [5.41, 5.74) is 1.87. The highest BCUT2D eigenvalue weighted by atomic mass is 16.5. The second-order valence-electron chi connectivity index (χ2n) is 8.13. The Kier molecular flexibility index (Phi) is 3.46. The first-order valence-electron chi connectivity index (χ1n) is 8.88. The van der Waals surface area contributed by atoms with Crippen LogP contribution in [0.25, 0.3) is 0 Å². The SMILES string of the molecule is CC(NC(=O)[C@H]1C[C@@]12CC(C)(C)Oc1ccccc12)c1cnn(C)c1. The zero-order valence-corrected chi connectivity index (χ0v) is 15.2. The largest absolute Gasteiger partial charge is 0.488 e. The molecule has 25 heavy (non-hydrogen) atoms. The summed E-state index contributed by atoms with van der Waals surface area (Å²) in [7, 11) is 1.88. The predicted octanol–water partition coefficient (Wildman–Crippen LogP) is 3.12. The molecule has 1 aliphatic carbocycles. The standard InChI is InChI=1S/C20H25N3O2/c1-13(14-10-21-23(4)11-14)22-18(24)16-9-20(16)12-19(2,3)25-17-8-6-5-7-15(17)20/h5-8,10-11,13,16H,9,12H2,1-4H3,(H,22,24)/t13?,16-,20+/m1/s1. The fourth-order valence-corrected chi connectivity index (χ4v) is 4.36. The molecule has 1 amide bonds. The van der Waals surface area contributed by atoms with E-state index in [0.29, 0.717) is 0 Å². The second kappa shape index (κ2) is 5.35. The van der Waals surface area contributed by atoms with Gasteiger partial charge in [0.05, 0.1) is 12.2 Å². The van der Waals surface area contributed by atoms with Crippen molar-refractivity contribution in [1.29, 1.82) is 0 Å². The highest BCUT2D eigenvalue weighted by Gasteiger charge is 2.63. The molecule has 3 atom stereocenters. The summed E-state index contributed by atoms with van der Waals surface area (Å²) in [4.78, 5) is 12.9. The molecule has 4 rings (SSSR count). The van der Waals surface area contributed by atoms with Gasteiger partial charge in [-0.2, -0.15) is 5.10 Å². The maximum Gasteiger partial charge on any atom is 0.224 e. The molecule has 1 unspecified atom stereocenters. The van der Waals surface area contributed by atoms with Gasteiger partial charge in [0, 0.05) is 35.7 Å². The number of carbonyl (C=O) groups is 1. The molecule has 5 nitrogen and oxygen atoms in total. The first kappa shape index (κ1) is 16.2. The van der Waals surface area contributed by atoms with E-state index in [1.165, 1.54) is 5.56 Å². The van der Waals surface area contributed by atoms with E-state index in [0.717, 1.165) is 24.2 Å². The van der Waals surface area contributed by atoms with Crippen LogP contribution in [-0.4, -0.2) is 21.3 Å². The molecule has 1 aliphatic heterocycles. The Labute approximate surface area is 148 Å². The predicted molar refractivity (Wildman–Crippen MR) is 95.3 cm³/mol. The van der Waals surface area contributed by atoms with E-state index in [9.17, 15) is 4.79 Å². The van der Waals surface area contributed by atoms with Crippen molar-refractivity contribution in [1.82, 2.24) is 15.1 Å². The molecule has 5 heteroatoms. The quantitative estimate of drug-likeness (QED) is 0.935. The van der Waals surface area contributed by atoms with Crippen LogP contribution in [0.1, 0.15) is 50.8 Å². The molecule has 1 spiro atoms. The summed E-state index contributed by atoms with van der Waals surface area (Å²) in [6, 6.07) is 8.12. The van der Waals surface area contributed by atoms with Crippen LogP contribution in [0, 0.1) is 5.92 Å². The van der Waals surface area contributed by atoms with Gasteiger partial charge in [-0.3, -0.25) is 9.48 Å². The third kappa shape index (κ3) is 2.71. The third-order valence-electron chi connectivity index (χ3n) is 5.53. The van der Waals surface area contributed by atoms with Crippen LogP contribution >= 0.6 is 0 Å². The molecule has 1 fully saturated rings. The number of rotatable bonds is 3. The molecule has 0 radical (unpaired) electrons. The van der Waals surface area contributed by atoms with Crippen LogP contribution in [0.5, 0.6) is 5.75 Å². The lowest BCUT2D eigenvalue weighted by Crippen LogP contribution is -2.40. The molecule has 0 saturated heterocycles. The van der Waals surface area contributed by atoms with Gasteiger partial charge in [-0.1, -0.05) is 18.2 Å². The number of benzene rings is 1. The monoisotopic (exact) mass is 339 g/mol. The second-order valence-corrected chi connectivity index (χ2v) is 8.13. The summed E-state index contributed by atoms with van der Waals surface area (Å²) >= 11 is 0. The van der Waals surface area contributed by atoms with Gasteiger partial charge in [0.25, 0.3) is 0 Å². The molecule has 2 heterocycles. The van der Waals surface area contributed by atoms with Gasteiger partial charge in [0.15, 0.2) is 0 Å². The zero-order chi connectivity index (χ0) is 17.8. The number of aromatic nitrogens is 2. The molecule has 1 aromatic carbocycles. The van der Waals surface area contributed by atoms with Crippen molar-refractivity contribution in [2.24, 2.45) is 13.0 Å². The minimum atomic E-state index is -0.252. The fraction of sp³-hybridized carbons (Fsp3) is 0.500. The van der Waals surface area contributed by atoms with Crippen molar-refractivity contribution in [2.75, 3.05) is 0 Å². The summed E-state index contributed by atoms with van der Waals surface area (Å²) in [6.45, 7) is 6.22. The summed E-state index contributed by atoms with van der Waals surface area (Å²) in [5, 5.41) is 7.35. The number of carbonyl (C=O) groups excluding carboxylic acids is 1. The average Bonchev–Trinajstić information content (AvgIpc) is 3.06. The summed E-state index contributed by atoms with van der Waals surface area (Å²) < 4.78 is 7.89. The Bertz CT molecular complexity index is 826. The first-order chi connectivity index (χ1) is 11.8. The smallest absolute Gasteiger partial charge is 0.224 e. The molecule has 2 aliphatic rings. The van der Waals surface area contributed by atoms with Crippen LogP contribution in [0.3, 0.4) is 0 Å². The Hall–Kier alpha value is -2.30. The molecular weight excluding hydrogens is 314 g/mol. The number of ether oxygens (including phenoxy) is 1. The summed E-state index contributed by atoms with van der Waals surface area (Å²) in [5.74, 6) is 1.06. The first-order valence-corrected chi connectivity index (χ1v) is 8.88. The number of hydrogen-bond donors (Lipinski definition) is 1. The lowest BCUT2D eigenvalue weighted by atomic mass is 9.80. The van der Waals surface area contributed by atoms with E-state index in [1.54, 1.807) is 10.9 Å². The van der Waals surface area contributed by atoms with Crippen molar-refractivity contribution in [3.63, 3.8) is 0 Å². The maximum atomic E-state index is 12.9. The van der Waals surface area contributed by atoms with Gasteiger partial charge in [-0.05, 0) is 39.7 Å². The number of nitrogens with zero attached hydrogens (tertiary/aromatic N) is 2. The Morgan fingerprint density at radius 2 is 2.16 bits per heavy atom. The van der Waals surface area contributed by atoms with Crippen molar-refractivity contribution >= 4 is 5.91 Å². The molecule has 132 valence electrons. The lowest BCUT2D eigenvalue weighted by Gasteiger charge is -2.38. The molecule has 1 aromatic heterocycles. The number of fused-ring (bicyclic) bond motifs is 2. The van der Waals surface area contributed by atoms with Crippen LogP contribution in [0.2, 0.25) is 0 Å². The molecule has 2 aromatic rings. The average molecular weight is 339 g/mol. The van der Waals surface area contributed by atoms with Crippen LogP contribution in [0.4, 0.5) is 0 Å². The minimum Gasteiger partial charge on any atom is -0.488 e. The number of nitrogens with one attached hydrogen (secondary N) is 1. The van der Waals surface area contributed by atoms with Crippen LogP contribution in [0.15, 0.2) is 36.7 Å². The van der Waals surface area contributed by atoms with Crippen LogP contribution < -0.4 is 10.1 Å². The van der Waals surface area contributed by atoms with Gasteiger partial charge in [0.2, 0.25) is 5.91 Å². The van der Waals surface area contributed by atoms with Crippen molar-refractivity contribution in [3.05, 3.63) is 47.8 Å². The maximum absolute atomic E-state index is 12.9. The minimum absolute atomic E-state index is 0.0101. The lowest BCUT2D eigenvalue weighted by molar-refractivity contribution is -0.123. The van der Waals surface area contributed by atoms with E-state index in [1.807, 2.05) is 38.4 Å². The normalized spacial score (nSPS) is 27.3. The van der Waals surface area contributed by atoms with Gasteiger partial charge in [0.1, 0.15) is 11.4 Å². The summed E-state index contributed by atoms with van der Waals surface area (Å²) in [6.07, 6.45) is 5.51. The van der Waals surface area contributed by atoms with Crippen molar-refractivity contribution in [2.45, 2.75) is 50.7 Å². The Morgan fingerprint density at radius 3 is 2.88 bits per heavy atom. The van der Waals surface area contributed by atoms with E-state index < -0.39 is 0 Å². The highest BCUT2D eigenvalue weighted by molar-refractivity contribution is 5.85. The van der Waals surface area contributed by atoms with E-state index >= 15 is 0 Å². The Balaban J connectivity index is 1.55. The third-order valence-corrected chi connectivity index (χ3v) is 5.53. The highest BCUT2D eigenvalue weighted by Crippen LogP contribution is 2.63.